The second-order valence-corrected chi connectivity index (χ2v) is 7.73. The summed E-state index contributed by atoms with van der Waals surface area (Å²) in [6.07, 6.45) is 2.24. The molecule has 7 nitrogen and oxygen atoms in total. The van der Waals surface area contributed by atoms with Crippen molar-refractivity contribution in [1.82, 2.24) is 9.97 Å². The van der Waals surface area contributed by atoms with Crippen molar-refractivity contribution in [3.8, 4) is 0 Å². The summed E-state index contributed by atoms with van der Waals surface area (Å²) in [5.74, 6) is 0.0810. The van der Waals surface area contributed by atoms with Crippen LogP contribution in [-0.4, -0.2) is 42.0 Å². The molecule has 0 saturated carbocycles. The van der Waals surface area contributed by atoms with Gasteiger partial charge in [0.2, 0.25) is 5.82 Å². The number of thiophene rings is 1. The average molecular weight is 396 g/mol. The Morgan fingerprint density at radius 2 is 2.00 bits per heavy atom. The maximum atomic E-state index is 12.8. The lowest BCUT2D eigenvalue weighted by Crippen LogP contribution is -2.23. The van der Waals surface area contributed by atoms with E-state index in [1.165, 1.54) is 7.11 Å². The highest BCUT2D eigenvalue weighted by Gasteiger charge is 2.22. The van der Waals surface area contributed by atoms with Gasteiger partial charge >= 0.3 is 5.97 Å². The van der Waals surface area contributed by atoms with E-state index in [2.05, 4.69) is 20.2 Å². The van der Waals surface area contributed by atoms with Gasteiger partial charge in [-0.15, -0.1) is 11.3 Å². The second-order valence-electron chi connectivity index (χ2n) is 6.64. The number of amides is 1. The van der Waals surface area contributed by atoms with Gasteiger partial charge in [0.25, 0.3) is 5.91 Å². The lowest BCUT2D eigenvalue weighted by molar-refractivity contribution is 0.0600. The minimum atomic E-state index is -0.459. The maximum absolute atomic E-state index is 12.8. The first kappa shape index (κ1) is 18.4. The van der Waals surface area contributed by atoms with E-state index in [4.69, 9.17) is 4.74 Å². The molecule has 1 aliphatic heterocycles. The second kappa shape index (κ2) is 7.55. The highest BCUT2D eigenvalue weighted by atomic mass is 32.1. The molecule has 1 fully saturated rings. The van der Waals surface area contributed by atoms with Crippen LogP contribution in [0.15, 0.2) is 29.6 Å². The first-order valence-electron chi connectivity index (χ1n) is 9.07. The van der Waals surface area contributed by atoms with Crippen LogP contribution in [0.1, 0.15) is 38.7 Å². The van der Waals surface area contributed by atoms with E-state index in [0.29, 0.717) is 11.3 Å². The Morgan fingerprint density at radius 3 is 2.75 bits per heavy atom. The third kappa shape index (κ3) is 3.43. The van der Waals surface area contributed by atoms with Crippen LogP contribution < -0.4 is 10.2 Å². The summed E-state index contributed by atoms with van der Waals surface area (Å²) in [5, 5.41) is 5.76. The van der Waals surface area contributed by atoms with Crippen molar-refractivity contribution in [2.45, 2.75) is 19.8 Å². The van der Waals surface area contributed by atoms with Gasteiger partial charge in [-0.1, -0.05) is 6.07 Å². The van der Waals surface area contributed by atoms with E-state index in [-0.39, 0.29) is 5.82 Å². The van der Waals surface area contributed by atoms with Crippen molar-refractivity contribution in [3.05, 3.63) is 45.9 Å². The molecule has 4 rings (SSSR count). The highest BCUT2D eigenvalue weighted by molar-refractivity contribution is 7.11. The Bertz CT molecular complexity index is 1060. The summed E-state index contributed by atoms with van der Waals surface area (Å²) in [5.41, 5.74) is 1.64. The fraction of sp³-hybridized carbons (Fsp3) is 0.300. The van der Waals surface area contributed by atoms with Crippen LogP contribution in [0.2, 0.25) is 0 Å². The molecule has 144 valence electrons. The lowest BCUT2D eigenvalue weighted by atomic mass is 10.2. The number of aromatic nitrogens is 2. The van der Waals surface area contributed by atoms with Gasteiger partial charge in [0, 0.05) is 29.0 Å². The number of carbonyl (C=O) groups excluding carboxylic acids is 2. The molecule has 1 amide bonds. The standard InChI is InChI=1S/C20H20N4O3S/c1-12-16-15(11-28-12)22-17(23-18(16)24-8-3-4-9-24)19(25)21-14-7-5-6-13(10-14)20(26)27-2/h5-7,10-11H,3-4,8-9H2,1-2H3,(H,21,25). The number of nitrogens with zero attached hydrogens (tertiary/aromatic N) is 3. The SMILES string of the molecule is COC(=O)c1cccc(NC(=O)c2nc(N3CCCC3)c3c(C)scc3n2)c1. The van der Waals surface area contributed by atoms with Gasteiger partial charge < -0.3 is 15.0 Å². The molecule has 0 atom stereocenters. The topological polar surface area (TPSA) is 84.4 Å². The molecule has 0 radical (unpaired) electrons. The summed E-state index contributed by atoms with van der Waals surface area (Å²) in [4.78, 5) is 37.0. The number of rotatable bonds is 4. The van der Waals surface area contributed by atoms with E-state index >= 15 is 0 Å². The molecule has 28 heavy (non-hydrogen) atoms. The fourth-order valence-electron chi connectivity index (χ4n) is 3.38. The van der Waals surface area contributed by atoms with Gasteiger partial charge in [0.15, 0.2) is 0 Å². The van der Waals surface area contributed by atoms with Crippen LogP contribution in [0.5, 0.6) is 0 Å². The largest absolute Gasteiger partial charge is 0.465 e. The number of nitrogens with one attached hydrogen (secondary N) is 1. The van der Waals surface area contributed by atoms with Crippen LogP contribution >= 0.6 is 11.3 Å². The Labute approximate surface area is 166 Å². The van der Waals surface area contributed by atoms with Crippen molar-refractivity contribution in [1.29, 1.82) is 0 Å². The number of esters is 1. The Morgan fingerprint density at radius 1 is 1.21 bits per heavy atom. The molecule has 0 aliphatic carbocycles. The summed E-state index contributed by atoms with van der Waals surface area (Å²) in [7, 11) is 1.32. The molecule has 1 aromatic carbocycles. The highest BCUT2D eigenvalue weighted by Crippen LogP contribution is 2.33. The van der Waals surface area contributed by atoms with Crippen LogP contribution in [0, 0.1) is 6.92 Å². The summed E-state index contributed by atoms with van der Waals surface area (Å²) < 4.78 is 4.72. The van der Waals surface area contributed by atoms with Crippen molar-refractivity contribution in [3.63, 3.8) is 0 Å². The molecule has 0 bridgehead atoms. The Kier molecular flexibility index (Phi) is 4.95. The number of anilines is 2. The Balaban J connectivity index is 1.67. The molecule has 1 aliphatic rings. The van der Waals surface area contributed by atoms with Crippen molar-refractivity contribution in [2.24, 2.45) is 0 Å². The summed E-state index contributed by atoms with van der Waals surface area (Å²) in [6.45, 7) is 3.92. The minimum absolute atomic E-state index is 0.121. The molecule has 2 aromatic heterocycles. The molecular formula is C20H20N4O3S. The number of ether oxygens (including phenoxy) is 1. The zero-order valence-electron chi connectivity index (χ0n) is 15.7. The average Bonchev–Trinajstić information content (AvgIpc) is 3.37. The smallest absolute Gasteiger partial charge is 0.337 e. The molecule has 8 heteroatoms. The Hall–Kier alpha value is -3.00. The van der Waals surface area contributed by atoms with E-state index < -0.39 is 11.9 Å². The maximum Gasteiger partial charge on any atom is 0.337 e. The van der Waals surface area contributed by atoms with Gasteiger partial charge in [0.05, 0.1) is 23.6 Å². The number of hydrogen-bond donors (Lipinski definition) is 1. The number of hydrogen-bond acceptors (Lipinski definition) is 7. The zero-order chi connectivity index (χ0) is 19.7. The number of aryl methyl sites for hydroxylation is 1. The number of benzene rings is 1. The molecule has 0 unspecified atom stereocenters. The summed E-state index contributed by atoms with van der Waals surface area (Å²) in [6, 6.07) is 6.59. The first-order chi connectivity index (χ1) is 13.6. The van der Waals surface area contributed by atoms with E-state index in [9.17, 15) is 9.59 Å². The molecule has 1 N–H and O–H groups in total. The van der Waals surface area contributed by atoms with Crippen molar-refractivity contribution < 1.29 is 14.3 Å². The number of carbonyl (C=O) groups is 2. The van der Waals surface area contributed by atoms with Crippen LogP contribution in [-0.2, 0) is 4.74 Å². The predicted molar refractivity (Wildman–Crippen MR) is 109 cm³/mol. The number of fused-ring (bicyclic) bond motifs is 1. The third-order valence-corrected chi connectivity index (χ3v) is 5.67. The quantitative estimate of drug-likeness (QED) is 0.678. The minimum Gasteiger partial charge on any atom is -0.465 e. The van der Waals surface area contributed by atoms with Gasteiger partial charge in [-0.05, 0) is 38.0 Å². The van der Waals surface area contributed by atoms with E-state index in [1.807, 2.05) is 12.3 Å². The predicted octanol–water partition coefficient (Wildman–Crippen LogP) is 3.64. The summed E-state index contributed by atoms with van der Waals surface area (Å²) >= 11 is 1.61. The van der Waals surface area contributed by atoms with Crippen LogP contribution in [0.3, 0.4) is 0 Å². The van der Waals surface area contributed by atoms with Gasteiger partial charge in [-0.25, -0.2) is 14.8 Å². The first-order valence-corrected chi connectivity index (χ1v) is 9.95. The van der Waals surface area contributed by atoms with Gasteiger partial charge in [-0.3, -0.25) is 4.79 Å². The van der Waals surface area contributed by atoms with Gasteiger partial charge in [-0.2, -0.15) is 0 Å². The van der Waals surface area contributed by atoms with Crippen molar-refractivity contribution in [2.75, 3.05) is 30.4 Å². The molecule has 3 aromatic rings. The van der Waals surface area contributed by atoms with Gasteiger partial charge in [0.1, 0.15) is 5.82 Å². The lowest BCUT2D eigenvalue weighted by Gasteiger charge is -2.18. The van der Waals surface area contributed by atoms with E-state index in [0.717, 1.165) is 47.5 Å². The normalized spacial score (nSPS) is 13.7. The van der Waals surface area contributed by atoms with Crippen LogP contribution in [0.4, 0.5) is 11.5 Å². The van der Waals surface area contributed by atoms with E-state index in [1.54, 1.807) is 35.6 Å². The van der Waals surface area contributed by atoms with Crippen molar-refractivity contribution >= 4 is 45.6 Å². The molecular weight excluding hydrogens is 376 g/mol. The third-order valence-electron chi connectivity index (χ3n) is 4.77. The molecule has 0 spiro atoms. The number of methoxy groups -OCH3 is 1. The van der Waals surface area contributed by atoms with Crippen LogP contribution in [0.25, 0.3) is 10.9 Å². The zero-order valence-corrected chi connectivity index (χ0v) is 16.5. The monoisotopic (exact) mass is 396 g/mol. The molecule has 1 saturated heterocycles. The molecule has 3 heterocycles. The fourth-order valence-corrected chi connectivity index (χ4v) is 4.15.